The summed E-state index contributed by atoms with van der Waals surface area (Å²) in [5, 5.41) is 18.0. The van der Waals surface area contributed by atoms with Crippen molar-refractivity contribution >= 4 is 17.9 Å². The van der Waals surface area contributed by atoms with Crippen molar-refractivity contribution in [3.8, 4) is 0 Å². The molecule has 1 rings (SSSR count). The first kappa shape index (κ1) is 16.4. The number of aliphatic carboxylic acids is 2. The van der Waals surface area contributed by atoms with E-state index in [0.717, 1.165) is 5.56 Å². The van der Waals surface area contributed by atoms with E-state index in [2.05, 4.69) is 0 Å². The summed E-state index contributed by atoms with van der Waals surface area (Å²) >= 11 is 0. The second-order valence-corrected chi connectivity index (χ2v) is 4.29. The van der Waals surface area contributed by atoms with E-state index in [4.69, 9.17) is 14.9 Å². The maximum Gasteiger partial charge on any atom is 0.332 e. The van der Waals surface area contributed by atoms with Crippen LogP contribution in [0.15, 0.2) is 42.0 Å². The van der Waals surface area contributed by atoms with Crippen molar-refractivity contribution < 1.29 is 29.3 Å². The molecule has 1 aromatic carbocycles. The first-order valence-corrected chi connectivity index (χ1v) is 6.27. The van der Waals surface area contributed by atoms with Crippen LogP contribution in [0.4, 0.5) is 0 Å². The summed E-state index contributed by atoms with van der Waals surface area (Å²) < 4.78 is 4.96. The third-order valence-electron chi connectivity index (χ3n) is 2.84. The number of hydrogen-bond donors (Lipinski definition) is 2. The molecule has 0 bridgehead atoms. The van der Waals surface area contributed by atoms with E-state index in [1.54, 1.807) is 24.3 Å². The quantitative estimate of drug-likeness (QED) is 0.587. The van der Waals surface area contributed by atoms with Gasteiger partial charge < -0.3 is 14.9 Å². The van der Waals surface area contributed by atoms with Crippen molar-refractivity contribution in [2.45, 2.75) is 20.0 Å². The van der Waals surface area contributed by atoms with E-state index < -0.39 is 30.2 Å². The topological polar surface area (TPSA) is 101 Å². The zero-order valence-electron chi connectivity index (χ0n) is 11.5. The summed E-state index contributed by atoms with van der Waals surface area (Å²) in [6.07, 6.45) is 0.653. The molecule has 6 nitrogen and oxygen atoms in total. The van der Waals surface area contributed by atoms with Gasteiger partial charge in [0.15, 0.2) is 0 Å². The standard InChI is InChI=1S/C15H16O6/c1-2-11(14(17)18)12(15(19)20)8-13(16)21-9-10-6-4-3-5-7-10/h2-7,12H,8-9H2,1H3,(H,17,18)(H,19,20). The lowest BCUT2D eigenvalue weighted by Gasteiger charge is -2.12. The molecule has 0 saturated carbocycles. The molecule has 0 aliphatic heterocycles. The SMILES string of the molecule is CC=C(C(=O)O)C(CC(=O)OCc1ccccc1)C(=O)O. The minimum atomic E-state index is -1.42. The van der Waals surface area contributed by atoms with Crippen molar-refractivity contribution in [1.82, 2.24) is 0 Å². The molecule has 0 heterocycles. The normalized spacial score (nSPS) is 12.5. The monoisotopic (exact) mass is 292 g/mol. The van der Waals surface area contributed by atoms with Gasteiger partial charge in [-0.3, -0.25) is 9.59 Å². The Bertz CT molecular complexity index is 547. The highest BCUT2D eigenvalue weighted by molar-refractivity contribution is 5.95. The molecule has 112 valence electrons. The predicted molar refractivity (Wildman–Crippen MR) is 73.4 cm³/mol. The van der Waals surface area contributed by atoms with E-state index in [0.29, 0.717) is 0 Å². The third-order valence-corrected chi connectivity index (χ3v) is 2.84. The molecule has 2 N–H and O–H groups in total. The van der Waals surface area contributed by atoms with Crippen LogP contribution in [0, 0.1) is 5.92 Å². The molecular formula is C15H16O6. The second kappa shape index (κ2) is 7.84. The maximum absolute atomic E-state index is 11.7. The summed E-state index contributed by atoms with van der Waals surface area (Å²) in [6.45, 7) is 1.43. The molecular weight excluding hydrogens is 276 g/mol. The van der Waals surface area contributed by atoms with Crippen LogP contribution in [-0.4, -0.2) is 28.1 Å². The predicted octanol–water partition coefficient (Wildman–Crippen LogP) is 1.85. The zero-order chi connectivity index (χ0) is 15.8. The number of carboxylic acids is 2. The summed E-state index contributed by atoms with van der Waals surface area (Å²) in [4.78, 5) is 33.7. The van der Waals surface area contributed by atoms with Crippen LogP contribution >= 0.6 is 0 Å². The fraction of sp³-hybridized carbons (Fsp3) is 0.267. The van der Waals surface area contributed by atoms with Crippen LogP contribution in [0.5, 0.6) is 0 Å². The lowest BCUT2D eigenvalue weighted by molar-refractivity contribution is -0.152. The van der Waals surface area contributed by atoms with E-state index >= 15 is 0 Å². The van der Waals surface area contributed by atoms with Crippen molar-refractivity contribution in [3.05, 3.63) is 47.5 Å². The molecule has 1 atom stereocenters. The maximum atomic E-state index is 11.7. The number of benzene rings is 1. The lowest BCUT2D eigenvalue weighted by Crippen LogP contribution is -2.25. The van der Waals surface area contributed by atoms with Crippen LogP contribution in [0.3, 0.4) is 0 Å². The Kier molecular flexibility index (Phi) is 6.13. The Hall–Kier alpha value is -2.63. The molecule has 0 radical (unpaired) electrons. The number of carbonyl (C=O) groups excluding carboxylic acids is 1. The lowest BCUT2D eigenvalue weighted by atomic mass is 9.95. The summed E-state index contributed by atoms with van der Waals surface area (Å²) in [5.41, 5.74) is 0.432. The van der Waals surface area contributed by atoms with Gasteiger partial charge in [-0.15, -0.1) is 0 Å². The average Bonchev–Trinajstić information content (AvgIpc) is 2.45. The Morgan fingerprint density at radius 3 is 2.29 bits per heavy atom. The average molecular weight is 292 g/mol. The molecule has 0 amide bonds. The molecule has 1 aromatic rings. The van der Waals surface area contributed by atoms with Gasteiger partial charge in [-0.05, 0) is 12.5 Å². The molecule has 21 heavy (non-hydrogen) atoms. The van der Waals surface area contributed by atoms with Gasteiger partial charge in [-0.2, -0.15) is 0 Å². The second-order valence-electron chi connectivity index (χ2n) is 4.29. The van der Waals surface area contributed by atoms with Crippen molar-refractivity contribution in [3.63, 3.8) is 0 Å². The first-order valence-electron chi connectivity index (χ1n) is 6.27. The molecule has 0 spiro atoms. The largest absolute Gasteiger partial charge is 0.481 e. The van der Waals surface area contributed by atoms with Crippen LogP contribution < -0.4 is 0 Å². The minimum Gasteiger partial charge on any atom is -0.481 e. The fourth-order valence-corrected chi connectivity index (χ4v) is 1.77. The van der Waals surface area contributed by atoms with Gasteiger partial charge in [-0.25, -0.2) is 4.79 Å². The van der Waals surface area contributed by atoms with E-state index in [1.807, 2.05) is 6.07 Å². The number of carboxylic acid groups (broad SMARTS) is 2. The van der Waals surface area contributed by atoms with Gasteiger partial charge in [0.05, 0.1) is 12.3 Å². The van der Waals surface area contributed by atoms with Crippen LogP contribution in [0.1, 0.15) is 18.9 Å². The van der Waals surface area contributed by atoms with Crippen LogP contribution in [-0.2, 0) is 25.7 Å². The first-order chi connectivity index (χ1) is 9.95. The number of carbonyl (C=O) groups is 3. The highest BCUT2D eigenvalue weighted by Crippen LogP contribution is 2.17. The number of rotatable bonds is 7. The van der Waals surface area contributed by atoms with Crippen molar-refractivity contribution in [2.75, 3.05) is 0 Å². The third kappa shape index (κ3) is 5.10. The van der Waals surface area contributed by atoms with Crippen LogP contribution in [0.2, 0.25) is 0 Å². The fourth-order valence-electron chi connectivity index (χ4n) is 1.77. The molecule has 0 aliphatic carbocycles. The number of ether oxygens (including phenoxy) is 1. The molecule has 6 heteroatoms. The van der Waals surface area contributed by atoms with Gasteiger partial charge in [0.25, 0.3) is 0 Å². The van der Waals surface area contributed by atoms with Gasteiger partial charge in [0.2, 0.25) is 0 Å². The van der Waals surface area contributed by atoms with Gasteiger partial charge in [0, 0.05) is 5.57 Å². The Balaban J connectivity index is 2.65. The molecule has 0 saturated heterocycles. The van der Waals surface area contributed by atoms with Crippen LogP contribution in [0.25, 0.3) is 0 Å². The molecule has 0 aromatic heterocycles. The van der Waals surface area contributed by atoms with Gasteiger partial charge >= 0.3 is 17.9 Å². The number of esters is 1. The number of allylic oxidation sites excluding steroid dienone is 1. The Labute approximate surface area is 121 Å². The minimum absolute atomic E-state index is 0.0181. The highest BCUT2D eigenvalue weighted by atomic mass is 16.5. The van der Waals surface area contributed by atoms with E-state index in [1.165, 1.54) is 13.0 Å². The van der Waals surface area contributed by atoms with E-state index in [-0.39, 0.29) is 12.2 Å². The summed E-state index contributed by atoms with van der Waals surface area (Å²) in [5.74, 6) is -4.91. The summed E-state index contributed by atoms with van der Waals surface area (Å²) in [6, 6.07) is 8.90. The smallest absolute Gasteiger partial charge is 0.332 e. The Morgan fingerprint density at radius 1 is 1.19 bits per heavy atom. The van der Waals surface area contributed by atoms with Gasteiger partial charge in [-0.1, -0.05) is 36.4 Å². The van der Waals surface area contributed by atoms with Crippen molar-refractivity contribution in [1.29, 1.82) is 0 Å². The molecule has 1 unspecified atom stereocenters. The molecule has 0 fully saturated rings. The number of hydrogen-bond acceptors (Lipinski definition) is 4. The Morgan fingerprint density at radius 2 is 1.81 bits per heavy atom. The van der Waals surface area contributed by atoms with E-state index in [9.17, 15) is 14.4 Å². The molecule has 0 aliphatic rings. The highest BCUT2D eigenvalue weighted by Gasteiger charge is 2.29. The van der Waals surface area contributed by atoms with Gasteiger partial charge in [0.1, 0.15) is 6.61 Å². The van der Waals surface area contributed by atoms with Crippen molar-refractivity contribution in [2.24, 2.45) is 5.92 Å². The summed E-state index contributed by atoms with van der Waals surface area (Å²) in [7, 11) is 0. The zero-order valence-corrected chi connectivity index (χ0v) is 11.5.